The van der Waals surface area contributed by atoms with E-state index in [0.717, 1.165) is 0 Å². The molecule has 0 bridgehead atoms. The van der Waals surface area contributed by atoms with Gasteiger partial charge >= 0.3 is 0 Å². The van der Waals surface area contributed by atoms with E-state index >= 15 is 0 Å². The van der Waals surface area contributed by atoms with Crippen molar-refractivity contribution in [2.45, 2.75) is 12.2 Å². The zero-order valence-electron chi connectivity index (χ0n) is 5.63. The van der Waals surface area contributed by atoms with Gasteiger partial charge in [0.15, 0.2) is 0 Å². The van der Waals surface area contributed by atoms with Gasteiger partial charge in [-0.05, 0) is 6.92 Å². The molecule has 0 aliphatic heterocycles. The number of thiol groups is 1. The first kappa shape index (κ1) is 9.29. The van der Waals surface area contributed by atoms with Crippen molar-refractivity contribution in [3.63, 3.8) is 0 Å². The lowest BCUT2D eigenvalue weighted by Crippen LogP contribution is -2.36. The number of rotatable bonds is 3. The second-order valence-electron chi connectivity index (χ2n) is 1.86. The third-order valence-corrected chi connectivity index (χ3v) is 1.05. The zero-order valence-corrected chi connectivity index (χ0v) is 6.52. The largest absolute Gasteiger partial charge is 0.368 e. The Bertz CT molecular complexity index is 147. The van der Waals surface area contributed by atoms with Crippen molar-refractivity contribution in [3.05, 3.63) is 0 Å². The van der Waals surface area contributed by atoms with E-state index in [1.165, 1.54) is 0 Å². The minimum Gasteiger partial charge on any atom is -0.368 e. The van der Waals surface area contributed by atoms with Crippen LogP contribution in [0.2, 0.25) is 0 Å². The molecule has 1 atom stereocenters. The predicted octanol–water partition coefficient (Wildman–Crippen LogP) is -1.09. The summed E-state index contributed by atoms with van der Waals surface area (Å²) in [6.07, 6.45) is 0. The molecule has 0 rings (SSSR count). The van der Waals surface area contributed by atoms with E-state index in [2.05, 4.69) is 17.9 Å². The summed E-state index contributed by atoms with van der Waals surface area (Å²) in [7, 11) is 0. The molecule has 0 aliphatic carbocycles. The smallest absolute Gasteiger partial charge is 0.236 e. The van der Waals surface area contributed by atoms with Gasteiger partial charge in [0, 0.05) is 0 Å². The topological polar surface area (TPSA) is 72.2 Å². The van der Waals surface area contributed by atoms with Crippen molar-refractivity contribution in [2.75, 3.05) is 6.54 Å². The maximum absolute atomic E-state index is 10.7. The monoisotopic (exact) mass is 162 g/mol. The van der Waals surface area contributed by atoms with Crippen molar-refractivity contribution in [1.29, 1.82) is 0 Å². The van der Waals surface area contributed by atoms with Crippen molar-refractivity contribution < 1.29 is 9.59 Å². The first-order valence-electron chi connectivity index (χ1n) is 2.78. The lowest BCUT2D eigenvalue weighted by atomic mass is 10.4. The van der Waals surface area contributed by atoms with Crippen molar-refractivity contribution in [3.8, 4) is 0 Å². The van der Waals surface area contributed by atoms with Gasteiger partial charge in [0.1, 0.15) is 0 Å². The highest BCUT2D eigenvalue weighted by molar-refractivity contribution is 7.81. The molecule has 0 heterocycles. The Kier molecular flexibility index (Phi) is 3.87. The Morgan fingerprint density at radius 3 is 2.50 bits per heavy atom. The Balaban J connectivity index is 3.50. The lowest BCUT2D eigenvalue weighted by molar-refractivity contribution is -0.124. The first-order chi connectivity index (χ1) is 4.54. The fraction of sp³-hybridized carbons (Fsp3) is 0.600. The molecule has 0 fully saturated rings. The Labute approximate surface area is 64.6 Å². The van der Waals surface area contributed by atoms with E-state index in [1.807, 2.05) is 0 Å². The molecule has 4 nitrogen and oxygen atoms in total. The minimum atomic E-state index is -0.553. The highest BCUT2D eigenvalue weighted by Gasteiger charge is 2.06. The molecule has 0 radical (unpaired) electrons. The number of amides is 2. The summed E-state index contributed by atoms with van der Waals surface area (Å²) in [5.41, 5.74) is 4.76. The summed E-state index contributed by atoms with van der Waals surface area (Å²) < 4.78 is 0. The molecule has 5 heteroatoms. The SMILES string of the molecule is CC(S)C(=O)NCC(N)=O. The molecule has 0 saturated heterocycles. The van der Waals surface area contributed by atoms with Crippen LogP contribution in [-0.4, -0.2) is 23.6 Å². The number of carbonyl (C=O) groups excluding carboxylic acids is 2. The van der Waals surface area contributed by atoms with E-state index in [9.17, 15) is 9.59 Å². The fourth-order valence-corrected chi connectivity index (χ4v) is 0.413. The summed E-state index contributed by atoms with van der Waals surface area (Å²) in [6.45, 7) is 1.49. The summed E-state index contributed by atoms with van der Waals surface area (Å²) in [5, 5.41) is 1.89. The van der Waals surface area contributed by atoms with E-state index < -0.39 is 11.2 Å². The molecular weight excluding hydrogens is 152 g/mol. The third-order valence-electron chi connectivity index (χ3n) is 0.816. The third kappa shape index (κ3) is 4.20. The second kappa shape index (κ2) is 4.16. The van der Waals surface area contributed by atoms with E-state index in [0.29, 0.717) is 0 Å². The molecule has 0 spiro atoms. The fourth-order valence-electron chi connectivity index (χ4n) is 0.322. The molecule has 0 aromatic heterocycles. The maximum atomic E-state index is 10.7. The molecule has 0 aromatic rings. The van der Waals surface area contributed by atoms with Gasteiger partial charge in [0.25, 0.3) is 0 Å². The van der Waals surface area contributed by atoms with Crippen molar-refractivity contribution in [1.82, 2.24) is 5.32 Å². The van der Waals surface area contributed by atoms with Crippen molar-refractivity contribution >= 4 is 24.4 Å². The van der Waals surface area contributed by atoms with Gasteiger partial charge in [0.05, 0.1) is 11.8 Å². The van der Waals surface area contributed by atoms with Gasteiger partial charge in [-0.25, -0.2) is 0 Å². The van der Waals surface area contributed by atoms with Crippen LogP contribution in [0.5, 0.6) is 0 Å². The molecule has 0 aliphatic rings. The van der Waals surface area contributed by atoms with Crippen LogP contribution in [0, 0.1) is 0 Å². The van der Waals surface area contributed by atoms with Crippen LogP contribution in [0.3, 0.4) is 0 Å². The first-order valence-corrected chi connectivity index (χ1v) is 3.29. The second-order valence-corrected chi connectivity index (χ2v) is 2.63. The van der Waals surface area contributed by atoms with Gasteiger partial charge in [-0.1, -0.05) is 0 Å². The highest BCUT2D eigenvalue weighted by atomic mass is 32.1. The standard InChI is InChI=1S/C5H10N2O2S/c1-3(10)5(9)7-2-4(6)8/h3,10H,2H2,1H3,(H2,6,8)(H,7,9). The summed E-state index contributed by atoms with van der Waals surface area (Å²) in [4.78, 5) is 20.8. The Morgan fingerprint density at radius 1 is 1.70 bits per heavy atom. The lowest BCUT2D eigenvalue weighted by Gasteiger charge is -2.03. The number of hydrogen-bond donors (Lipinski definition) is 3. The normalized spacial score (nSPS) is 12.2. The van der Waals surface area contributed by atoms with Crippen LogP contribution in [0.25, 0.3) is 0 Å². The molecule has 2 amide bonds. The van der Waals surface area contributed by atoms with Gasteiger partial charge in [-0.15, -0.1) is 0 Å². The molecule has 0 aromatic carbocycles. The number of nitrogens with one attached hydrogen (secondary N) is 1. The Hall–Kier alpha value is -0.710. The average Bonchev–Trinajstić information content (AvgIpc) is 1.82. The van der Waals surface area contributed by atoms with Gasteiger partial charge < -0.3 is 11.1 Å². The van der Waals surface area contributed by atoms with Gasteiger partial charge in [-0.2, -0.15) is 12.6 Å². The minimum absolute atomic E-state index is 0.121. The van der Waals surface area contributed by atoms with E-state index in [-0.39, 0.29) is 12.5 Å². The van der Waals surface area contributed by atoms with E-state index in [4.69, 9.17) is 5.73 Å². The van der Waals surface area contributed by atoms with Crippen LogP contribution in [0.1, 0.15) is 6.92 Å². The number of carbonyl (C=O) groups is 2. The molecular formula is C5H10N2O2S. The van der Waals surface area contributed by atoms with Crippen LogP contribution >= 0.6 is 12.6 Å². The number of hydrogen-bond acceptors (Lipinski definition) is 3. The van der Waals surface area contributed by atoms with Crippen LogP contribution in [0.4, 0.5) is 0 Å². The molecule has 1 unspecified atom stereocenters. The van der Waals surface area contributed by atoms with Gasteiger partial charge in [-0.3, -0.25) is 9.59 Å². The highest BCUT2D eigenvalue weighted by Crippen LogP contribution is 1.89. The molecule has 58 valence electrons. The van der Waals surface area contributed by atoms with E-state index in [1.54, 1.807) is 6.92 Å². The van der Waals surface area contributed by atoms with Gasteiger partial charge in [0.2, 0.25) is 11.8 Å². The number of primary amides is 1. The summed E-state index contributed by atoms with van der Waals surface area (Å²) >= 11 is 3.83. The maximum Gasteiger partial charge on any atom is 0.236 e. The zero-order chi connectivity index (χ0) is 8.15. The van der Waals surface area contributed by atoms with Crippen LogP contribution < -0.4 is 11.1 Å². The Morgan fingerprint density at radius 2 is 2.20 bits per heavy atom. The molecule has 3 N–H and O–H groups in total. The quantitative estimate of drug-likeness (QED) is 0.461. The van der Waals surface area contributed by atoms with Crippen LogP contribution in [-0.2, 0) is 9.59 Å². The predicted molar refractivity (Wildman–Crippen MR) is 40.7 cm³/mol. The summed E-state index contributed by atoms with van der Waals surface area (Å²) in [5.74, 6) is -0.843. The van der Waals surface area contributed by atoms with Crippen molar-refractivity contribution in [2.24, 2.45) is 5.73 Å². The van der Waals surface area contributed by atoms with Crippen LogP contribution in [0.15, 0.2) is 0 Å². The molecule has 0 saturated carbocycles. The summed E-state index contributed by atoms with van der Waals surface area (Å²) in [6, 6.07) is 0. The molecule has 10 heavy (non-hydrogen) atoms. The number of nitrogens with two attached hydrogens (primary N) is 1. The average molecular weight is 162 g/mol.